The Morgan fingerprint density at radius 1 is 0.865 bits per heavy atom. The first-order valence-electron chi connectivity index (χ1n) is 12.1. The van der Waals surface area contributed by atoms with E-state index in [4.69, 9.17) is 9.47 Å². The fourth-order valence-corrected chi connectivity index (χ4v) is 4.35. The average Bonchev–Trinajstić information content (AvgIpc) is 3.26. The van der Waals surface area contributed by atoms with Crippen LogP contribution in [0.1, 0.15) is 35.4 Å². The maximum Gasteiger partial charge on any atom is 0.407 e. The van der Waals surface area contributed by atoms with Gasteiger partial charge in [-0.2, -0.15) is 0 Å². The molecule has 1 aliphatic carbocycles. The Morgan fingerprint density at radius 3 is 2.14 bits per heavy atom. The van der Waals surface area contributed by atoms with E-state index < -0.39 is 24.1 Å². The number of amides is 1. The Kier molecular flexibility index (Phi) is 8.70. The molecule has 1 N–H and O–H groups in total. The van der Waals surface area contributed by atoms with Crippen LogP contribution in [0.25, 0.3) is 11.1 Å². The predicted molar refractivity (Wildman–Crippen MR) is 139 cm³/mol. The Hall–Kier alpha value is -4.39. The van der Waals surface area contributed by atoms with E-state index in [9.17, 15) is 14.4 Å². The molecule has 37 heavy (non-hydrogen) atoms. The summed E-state index contributed by atoms with van der Waals surface area (Å²) in [5.41, 5.74) is 5.38. The number of alkyl carbamates (subject to hydrolysis) is 1. The van der Waals surface area contributed by atoms with Gasteiger partial charge in [-0.15, -0.1) is 0 Å². The zero-order chi connectivity index (χ0) is 26.0. The lowest BCUT2D eigenvalue weighted by Gasteiger charge is -2.18. The van der Waals surface area contributed by atoms with Crippen molar-refractivity contribution in [3.63, 3.8) is 0 Å². The van der Waals surface area contributed by atoms with Gasteiger partial charge in [0.05, 0.1) is 13.2 Å². The molecule has 3 aromatic rings. The normalized spacial score (nSPS) is 12.9. The largest absolute Gasteiger partial charge is 0.466 e. The Labute approximate surface area is 216 Å². The van der Waals surface area contributed by atoms with Crippen molar-refractivity contribution in [2.45, 2.75) is 31.4 Å². The van der Waals surface area contributed by atoms with Crippen LogP contribution < -0.4 is 5.32 Å². The second-order valence-electron chi connectivity index (χ2n) is 8.64. The Bertz CT molecular complexity index is 1220. The first-order chi connectivity index (χ1) is 18.0. The molecule has 0 saturated carbocycles. The van der Waals surface area contributed by atoms with Gasteiger partial charge < -0.3 is 19.5 Å². The van der Waals surface area contributed by atoms with Crippen LogP contribution in [0.2, 0.25) is 0 Å². The molecule has 3 aromatic carbocycles. The summed E-state index contributed by atoms with van der Waals surface area (Å²) in [6.07, 6.45) is 2.33. The monoisotopic (exact) mass is 499 g/mol. The smallest absolute Gasteiger partial charge is 0.407 e. The topological polar surface area (TPSA) is 90.9 Å². The lowest BCUT2D eigenvalue weighted by atomic mass is 9.98. The van der Waals surface area contributed by atoms with Crippen molar-refractivity contribution < 1.29 is 28.6 Å². The van der Waals surface area contributed by atoms with Gasteiger partial charge in [0.2, 0.25) is 0 Å². The second kappa shape index (κ2) is 12.5. The molecule has 0 bridgehead atoms. The van der Waals surface area contributed by atoms with E-state index in [2.05, 4.69) is 22.2 Å². The molecule has 1 amide bonds. The van der Waals surface area contributed by atoms with Crippen LogP contribution in [0.4, 0.5) is 4.79 Å². The van der Waals surface area contributed by atoms with Gasteiger partial charge in [-0.05, 0) is 34.2 Å². The molecular formula is C30H29NO6. The first-order valence-corrected chi connectivity index (χ1v) is 12.1. The summed E-state index contributed by atoms with van der Waals surface area (Å²) < 4.78 is 15.6. The van der Waals surface area contributed by atoms with E-state index >= 15 is 0 Å². The molecular weight excluding hydrogens is 470 g/mol. The van der Waals surface area contributed by atoms with Gasteiger partial charge in [0.25, 0.3) is 0 Å². The standard InChI is InChI=1S/C30H29NO6/c1-35-28(32)17-15-22(16-18-29(33)36-19-21-9-3-2-4-10-21)31-30(34)37-20-27-25-13-7-5-11-23(25)24-12-6-8-14-26(24)27/h2-15,17,22,27H,16,18-20H2,1H3,(H,31,34)/b17-15+/t22-/m1/s1. The predicted octanol–water partition coefficient (Wildman–Crippen LogP) is 5.15. The molecule has 0 spiro atoms. The Morgan fingerprint density at radius 2 is 1.49 bits per heavy atom. The number of nitrogens with one attached hydrogen (secondary N) is 1. The number of esters is 2. The summed E-state index contributed by atoms with van der Waals surface area (Å²) in [6, 6.07) is 24.9. The minimum Gasteiger partial charge on any atom is -0.466 e. The lowest BCUT2D eigenvalue weighted by molar-refractivity contribution is -0.145. The highest BCUT2D eigenvalue weighted by atomic mass is 16.5. The minimum atomic E-state index is -0.640. The number of hydrogen-bond acceptors (Lipinski definition) is 6. The van der Waals surface area contributed by atoms with Crippen molar-refractivity contribution in [2.24, 2.45) is 0 Å². The summed E-state index contributed by atoms with van der Waals surface area (Å²) in [4.78, 5) is 36.5. The summed E-state index contributed by atoms with van der Waals surface area (Å²) in [5.74, 6) is -1.05. The van der Waals surface area contributed by atoms with Crippen LogP contribution in [0.3, 0.4) is 0 Å². The average molecular weight is 500 g/mol. The minimum absolute atomic E-state index is 0.0483. The van der Waals surface area contributed by atoms with E-state index in [0.717, 1.165) is 27.8 Å². The fourth-order valence-electron chi connectivity index (χ4n) is 4.35. The molecule has 4 rings (SSSR count). The van der Waals surface area contributed by atoms with Crippen LogP contribution in [-0.2, 0) is 30.4 Å². The number of rotatable bonds is 10. The lowest BCUT2D eigenvalue weighted by Crippen LogP contribution is -2.35. The summed E-state index contributed by atoms with van der Waals surface area (Å²) >= 11 is 0. The maximum atomic E-state index is 12.7. The molecule has 7 nitrogen and oxygen atoms in total. The van der Waals surface area contributed by atoms with Crippen LogP contribution >= 0.6 is 0 Å². The zero-order valence-corrected chi connectivity index (χ0v) is 20.6. The van der Waals surface area contributed by atoms with Crippen LogP contribution in [0.15, 0.2) is 91.0 Å². The van der Waals surface area contributed by atoms with Crippen molar-refractivity contribution in [1.29, 1.82) is 0 Å². The number of carbonyl (C=O) groups is 3. The molecule has 0 aromatic heterocycles. The van der Waals surface area contributed by atoms with Crippen molar-refractivity contribution in [2.75, 3.05) is 13.7 Å². The number of fused-ring (bicyclic) bond motifs is 3. The highest BCUT2D eigenvalue weighted by Gasteiger charge is 2.29. The van der Waals surface area contributed by atoms with Gasteiger partial charge in [-0.25, -0.2) is 9.59 Å². The molecule has 7 heteroatoms. The van der Waals surface area contributed by atoms with Crippen molar-refractivity contribution in [3.8, 4) is 11.1 Å². The third kappa shape index (κ3) is 6.85. The third-order valence-electron chi connectivity index (χ3n) is 6.21. The summed E-state index contributed by atoms with van der Waals surface area (Å²) in [5, 5.41) is 2.73. The van der Waals surface area contributed by atoms with Crippen LogP contribution in [-0.4, -0.2) is 37.8 Å². The van der Waals surface area contributed by atoms with E-state index in [1.807, 2.05) is 66.7 Å². The van der Waals surface area contributed by atoms with Crippen molar-refractivity contribution in [1.82, 2.24) is 5.32 Å². The highest BCUT2D eigenvalue weighted by Crippen LogP contribution is 2.44. The molecule has 0 aliphatic heterocycles. The van der Waals surface area contributed by atoms with Crippen molar-refractivity contribution in [3.05, 3.63) is 108 Å². The number of methoxy groups -OCH3 is 1. The quantitative estimate of drug-likeness (QED) is 0.236. The molecule has 190 valence electrons. The zero-order valence-electron chi connectivity index (χ0n) is 20.6. The van der Waals surface area contributed by atoms with Gasteiger partial charge in [-0.1, -0.05) is 84.9 Å². The summed E-state index contributed by atoms with van der Waals surface area (Å²) in [6.45, 7) is 0.328. The number of hydrogen-bond donors (Lipinski definition) is 1. The third-order valence-corrected chi connectivity index (χ3v) is 6.21. The number of ether oxygens (including phenoxy) is 3. The molecule has 1 aliphatic rings. The van der Waals surface area contributed by atoms with Gasteiger partial charge in [0, 0.05) is 18.4 Å². The molecule has 0 radical (unpaired) electrons. The number of benzene rings is 3. The molecule has 1 atom stereocenters. The number of carbonyl (C=O) groups excluding carboxylic acids is 3. The van der Waals surface area contributed by atoms with Gasteiger partial charge in [0.1, 0.15) is 13.2 Å². The van der Waals surface area contributed by atoms with Gasteiger partial charge >= 0.3 is 18.0 Å². The SMILES string of the molecule is COC(=O)/C=C/[C@H](CCC(=O)OCc1ccccc1)NC(=O)OCC1c2ccccc2-c2ccccc21. The van der Waals surface area contributed by atoms with Crippen molar-refractivity contribution >= 4 is 18.0 Å². The molecule has 0 saturated heterocycles. The van der Waals surface area contributed by atoms with Gasteiger partial charge in [-0.3, -0.25) is 4.79 Å². The summed E-state index contributed by atoms with van der Waals surface area (Å²) in [7, 11) is 1.27. The first kappa shape index (κ1) is 25.7. The molecule has 0 fully saturated rings. The fraction of sp³-hybridized carbons (Fsp3) is 0.233. The van der Waals surface area contributed by atoms with E-state index in [0.29, 0.717) is 0 Å². The van der Waals surface area contributed by atoms with E-state index in [1.165, 1.54) is 19.3 Å². The van der Waals surface area contributed by atoms with Crippen LogP contribution in [0, 0.1) is 0 Å². The van der Waals surface area contributed by atoms with Gasteiger partial charge in [0.15, 0.2) is 0 Å². The van der Waals surface area contributed by atoms with E-state index in [1.54, 1.807) is 0 Å². The second-order valence-corrected chi connectivity index (χ2v) is 8.64. The molecule has 0 unspecified atom stereocenters. The maximum absolute atomic E-state index is 12.7. The van der Waals surface area contributed by atoms with E-state index in [-0.39, 0.29) is 32.0 Å². The highest BCUT2D eigenvalue weighted by molar-refractivity contribution is 5.82. The molecule has 0 heterocycles. The Balaban J connectivity index is 1.34. The van der Waals surface area contributed by atoms with Crippen LogP contribution in [0.5, 0.6) is 0 Å².